The molecule has 0 aliphatic carbocycles. The van der Waals surface area contributed by atoms with Crippen molar-refractivity contribution in [1.29, 1.82) is 5.26 Å². The summed E-state index contributed by atoms with van der Waals surface area (Å²) in [5, 5.41) is 18.5. The van der Waals surface area contributed by atoms with Gasteiger partial charge in [0.15, 0.2) is 11.6 Å². The van der Waals surface area contributed by atoms with Crippen molar-refractivity contribution in [2.24, 2.45) is 0 Å². The number of benzene rings is 1. The largest absolute Gasteiger partial charge is 0.280 e. The average Bonchev–Trinajstić information content (AvgIpc) is 2.20. The lowest BCUT2D eigenvalue weighted by atomic mass is 10.3. The van der Waals surface area contributed by atoms with Crippen LogP contribution in [-0.4, -0.2) is 19.1 Å². The lowest BCUT2D eigenvalue weighted by Gasteiger charge is -2.05. The molecule has 90 valence electrons. The van der Waals surface area contributed by atoms with Crippen molar-refractivity contribution >= 4 is 21.4 Å². The van der Waals surface area contributed by atoms with E-state index in [0.29, 0.717) is 6.07 Å². The molecule has 1 rings (SSSR count). The van der Waals surface area contributed by atoms with E-state index in [0.717, 1.165) is 12.1 Å². The second-order valence-electron chi connectivity index (χ2n) is 2.94. The van der Waals surface area contributed by atoms with E-state index in [1.165, 1.54) is 6.07 Å². The molecule has 7 nitrogen and oxygen atoms in total. The van der Waals surface area contributed by atoms with Gasteiger partial charge in [-0.3, -0.25) is 14.8 Å². The Bertz CT molecular complexity index is 593. The molecule has 0 saturated heterocycles. The number of nitrogens with zero attached hydrogens (tertiary/aromatic N) is 2. The van der Waals surface area contributed by atoms with E-state index in [2.05, 4.69) is 0 Å². The number of nitro groups is 1. The molecule has 1 aromatic carbocycles. The molecule has 9 heteroatoms. The van der Waals surface area contributed by atoms with E-state index in [1.807, 2.05) is 0 Å². The molecular formula is C8H6FN3O4S. The van der Waals surface area contributed by atoms with Gasteiger partial charge >= 0.3 is 0 Å². The number of nitriles is 1. The third kappa shape index (κ3) is 3.39. The third-order valence-corrected chi connectivity index (χ3v) is 2.72. The van der Waals surface area contributed by atoms with Crippen molar-refractivity contribution in [2.45, 2.75) is 0 Å². The zero-order chi connectivity index (χ0) is 13.1. The summed E-state index contributed by atoms with van der Waals surface area (Å²) in [5.74, 6) is -1.91. The summed E-state index contributed by atoms with van der Waals surface area (Å²) in [5.41, 5.74) is -0.934. The van der Waals surface area contributed by atoms with Crippen LogP contribution in [0.1, 0.15) is 0 Å². The molecular weight excluding hydrogens is 253 g/mol. The Morgan fingerprint density at radius 2 is 2.18 bits per heavy atom. The van der Waals surface area contributed by atoms with Crippen molar-refractivity contribution in [3.63, 3.8) is 0 Å². The molecule has 0 saturated carbocycles. The SMILES string of the molecule is N#CCS(=O)(=O)Nc1ccc([N+](=O)[O-])cc1F. The van der Waals surface area contributed by atoms with Crippen LogP contribution < -0.4 is 4.72 Å². The maximum atomic E-state index is 13.3. The third-order valence-electron chi connectivity index (χ3n) is 1.68. The average molecular weight is 259 g/mol. The Labute approximate surface area is 95.7 Å². The predicted octanol–water partition coefficient (Wildman–Crippen LogP) is 0.999. The lowest BCUT2D eigenvalue weighted by Crippen LogP contribution is -2.16. The van der Waals surface area contributed by atoms with Crippen LogP contribution in [0.2, 0.25) is 0 Å². The zero-order valence-corrected chi connectivity index (χ0v) is 9.07. The van der Waals surface area contributed by atoms with Crippen molar-refractivity contribution < 1.29 is 17.7 Å². The quantitative estimate of drug-likeness (QED) is 0.640. The first-order valence-corrected chi connectivity index (χ1v) is 5.82. The van der Waals surface area contributed by atoms with E-state index in [-0.39, 0.29) is 0 Å². The maximum Gasteiger partial charge on any atom is 0.272 e. The van der Waals surface area contributed by atoms with Gasteiger partial charge in [-0.2, -0.15) is 5.26 Å². The fourth-order valence-electron chi connectivity index (χ4n) is 0.989. The van der Waals surface area contributed by atoms with Crippen molar-refractivity contribution in [2.75, 3.05) is 10.5 Å². The Morgan fingerprint density at radius 1 is 1.53 bits per heavy atom. The van der Waals surface area contributed by atoms with Crippen LogP contribution in [0, 0.1) is 27.3 Å². The molecule has 0 unspecified atom stereocenters. The Hall–Kier alpha value is -2.21. The number of nitrogens with one attached hydrogen (secondary N) is 1. The molecule has 0 atom stereocenters. The molecule has 0 aliphatic rings. The normalized spacial score (nSPS) is 10.6. The van der Waals surface area contributed by atoms with Crippen LogP contribution in [-0.2, 0) is 10.0 Å². The number of sulfonamides is 1. The van der Waals surface area contributed by atoms with Crippen LogP contribution in [0.25, 0.3) is 0 Å². The number of hydrogen-bond acceptors (Lipinski definition) is 5. The first-order valence-electron chi connectivity index (χ1n) is 4.17. The van der Waals surface area contributed by atoms with Crippen LogP contribution >= 0.6 is 0 Å². The Balaban J connectivity index is 3.03. The minimum absolute atomic E-state index is 0.439. The van der Waals surface area contributed by atoms with Gasteiger partial charge in [0.2, 0.25) is 10.0 Å². The lowest BCUT2D eigenvalue weighted by molar-refractivity contribution is -0.385. The summed E-state index contributed by atoms with van der Waals surface area (Å²) < 4.78 is 37.3. The number of hydrogen-bond donors (Lipinski definition) is 1. The van der Waals surface area contributed by atoms with Gasteiger partial charge in [-0.25, -0.2) is 12.8 Å². The highest BCUT2D eigenvalue weighted by Crippen LogP contribution is 2.21. The van der Waals surface area contributed by atoms with Crippen molar-refractivity contribution in [3.8, 4) is 6.07 Å². The molecule has 0 bridgehead atoms. The molecule has 17 heavy (non-hydrogen) atoms. The van der Waals surface area contributed by atoms with Gasteiger partial charge in [-0.05, 0) is 6.07 Å². The van der Waals surface area contributed by atoms with E-state index in [4.69, 9.17) is 5.26 Å². The molecule has 0 aromatic heterocycles. The smallest absolute Gasteiger partial charge is 0.272 e. The van der Waals surface area contributed by atoms with Crippen LogP contribution in [0.5, 0.6) is 0 Å². The molecule has 0 heterocycles. The predicted molar refractivity (Wildman–Crippen MR) is 56.1 cm³/mol. The molecule has 1 N–H and O–H groups in total. The van der Waals surface area contributed by atoms with E-state index < -0.39 is 37.9 Å². The Kier molecular flexibility index (Phi) is 3.59. The highest BCUT2D eigenvalue weighted by molar-refractivity contribution is 7.92. The molecule has 0 aliphatic heterocycles. The number of nitro benzene ring substituents is 1. The Morgan fingerprint density at radius 3 is 2.65 bits per heavy atom. The fourth-order valence-corrected chi connectivity index (χ4v) is 1.73. The summed E-state index contributed by atoms with van der Waals surface area (Å²) in [4.78, 5) is 9.50. The fraction of sp³-hybridized carbons (Fsp3) is 0.125. The second kappa shape index (κ2) is 4.75. The minimum Gasteiger partial charge on any atom is -0.280 e. The monoisotopic (exact) mass is 259 g/mol. The van der Waals surface area contributed by atoms with Gasteiger partial charge in [0.1, 0.15) is 0 Å². The topological polar surface area (TPSA) is 113 Å². The number of halogens is 1. The first-order chi connectivity index (χ1) is 7.85. The molecule has 1 aromatic rings. The molecule has 0 fully saturated rings. The van der Waals surface area contributed by atoms with Gasteiger partial charge in [0.05, 0.1) is 22.7 Å². The van der Waals surface area contributed by atoms with Crippen LogP contribution in [0.3, 0.4) is 0 Å². The van der Waals surface area contributed by atoms with Crippen molar-refractivity contribution in [1.82, 2.24) is 0 Å². The van der Waals surface area contributed by atoms with Crippen LogP contribution in [0.15, 0.2) is 18.2 Å². The highest BCUT2D eigenvalue weighted by atomic mass is 32.2. The second-order valence-corrected chi connectivity index (χ2v) is 4.66. The molecule has 0 radical (unpaired) electrons. The summed E-state index contributed by atoms with van der Waals surface area (Å²) in [6.45, 7) is 0. The standard InChI is InChI=1S/C8H6FN3O4S/c9-7-5-6(12(13)14)1-2-8(7)11-17(15,16)4-3-10/h1-2,5,11H,4H2. The summed E-state index contributed by atoms with van der Waals surface area (Å²) in [7, 11) is -3.96. The van der Waals surface area contributed by atoms with E-state index in [9.17, 15) is 22.9 Å². The van der Waals surface area contributed by atoms with Gasteiger partial charge < -0.3 is 0 Å². The molecule has 0 spiro atoms. The minimum atomic E-state index is -3.96. The first kappa shape index (κ1) is 12.9. The van der Waals surface area contributed by atoms with Crippen molar-refractivity contribution in [3.05, 3.63) is 34.1 Å². The number of non-ortho nitro benzene ring substituents is 1. The van der Waals surface area contributed by atoms with E-state index >= 15 is 0 Å². The molecule has 0 amide bonds. The summed E-state index contributed by atoms with van der Waals surface area (Å²) in [6, 6.07) is 3.85. The van der Waals surface area contributed by atoms with Gasteiger partial charge in [-0.15, -0.1) is 0 Å². The van der Waals surface area contributed by atoms with E-state index in [1.54, 1.807) is 4.72 Å². The van der Waals surface area contributed by atoms with Crippen LogP contribution in [0.4, 0.5) is 15.8 Å². The van der Waals surface area contributed by atoms with Gasteiger partial charge in [0, 0.05) is 6.07 Å². The summed E-state index contributed by atoms with van der Waals surface area (Å²) >= 11 is 0. The number of rotatable bonds is 4. The maximum absolute atomic E-state index is 13.3. The zero-order valence-electron chi connectivity index (χ0n) is 8.25. The number of anilines is 1. The van der Waals surface area contributed by atoms with Gasteiger partial charge in [0.25, 0.3) is 5.69 Å². The summed E-state index contributed by atoms with van der Waals surface area (Å²) in [6.07, 6.45) is 0. The van der Waals surface area contributed by atoms with Gasteiger partial charge in [-0.1, -0.05) is 0 Å². The highest BCUT2D eigenvalue weighted by Gasteiger charge is 2.15.